The van der Waals surface area contributed by atoms with E-state index in [4.69, 9.17) is 61.4 Å². The zero-order chi connectivity index (χ0) is 61.8. The molecule has 0 aromatic heterocycles. The van der Waals surface area contributed by atoms with E-state index in [1.165, 1.54) is 31.2 Å². The molecule has 0 bridgehead atoms. The quantitative estimate of drug-likeness (QED) is 0.0259. The summed E-state index contributed by atoms with van der Waals surface area (Å²) in [5.41, 5.74) is 11.6. The molecule has 4 aromatic carbocycles. The Morgan fingerprint density at radius 2 is 1.00 bits per heavy atom. The molecule has 0 fully saturated rings. The van der Waals surface area contributed by atoms with E-state index in [-0.39, 0.29) is 42.7 Å². The lowest BCUT2D eigenvalue weighted by molar-refractivity contribution is -0.125. The van der Waals surface area contributed by atoms with Crippen LogP contribution in [-0.2, 0) is 14.0 Å². The summed E-state index contributed by atoms with van der Waals surface area (Å²) in [6.45, 7) is 52.6. The van der Waals surface area contributed by atoms with Gasteiger partial charge >= 0.3 is 0 Å². The van der Waals surface area contributed by atoms with Crippen LogP contribution in [0, 0.1) is 38.6 Å². The maximum Gasteiger partial charge on any atom is 0.269 e. The number of anilines is 2. The number of aliphatic hydroxyl groups excluding tert-OH is 1. The number of nitrogens with zero attached hydrogens (tertiary/aromatic N) is 2. The van der Waals surface area contributed by atoms with Crippen molar-refractivity contribution in [2.45, 2.75) is 169 Å². The van der Waals surface area contributed by atoms with Crippen molar-refractivity contribution >= 4 is 105 Å². The Morgan fingerprint density at radius 1 is 0.613 bits per heavy atom. The minimum Gasteiger partial charge on any atom is -0.542 e. The molecule has 0 aliphatic carbocycles. The van der Waals surface area contributed by atoms with Crippen molar-refractivity contribution in [1.82, 2.24) is 21.7 Å². The minimum absolute atomic E-state index is 0.0211. The molecule has 0 radical (unpaired) electrons. The molecule has 0 spiro atoms. The van der Waals surface area contributed by atoms with Crippen molar-refractivity contribution in [3.63, 3.8) is 0 Å². The van der Waals surface area contributed by atoms with Gasteiger partial charge in [0, 0.05) is 22.5 Å². The van der Waals surface area contributed by atoms with Gasteiger partial charge in [0.25, 0.3) is 31.9 Å². The first-order valence-corrected chi connectivity index (χ1v) is 36.1. The fourth-order valence-corrected chi connectivity index (χ4v) is 8.87. The molecule has 4 atom stereocenters. The molecule has 438 valence electrons. The number of hydrogen-bond acceptors (Lipinski definition) is 10. The Kier molecular flexibility index (Phi) is 24.9. The van der Waals surface area contributed by atoms with Crippen molar-refractivity contribution in [2.75, 3.05) is 10.6 Å². The number of benzene rings is 4. The molecule has 0 aliphatic rings. The van der Waals surface area contributed by atoms with Crippen LogP contribution in [0.15, 0.2) is 60.7 Å². The second-order valence-corrected chi connectivity index (χ2v) is 41.2. The first-order valence-electron chi connectivity index (χ1n) is 25.5. The zero-order valence-electron chi connectivity index (χ0n) is 49.2. The molecule has 0 heterocycles. The van der Waals surface area contributed by atoms with E-state index in [2.05, 4.69) is 131 Å². The maximum atomic E-state index is 15.0. The molecule has 4 rings (SSSR count). The standard InChI is InChI=1S/C31H46ClFN4O4Si2.C19H18ClFN4O4.C6H15ClSi/c1-19-23(15-16-24(34-9)26(19)32)35-27(20(2)40-42(10,11)30(3,4)5)29(39)37-36-28(38)21-14-17-25(22(33)18-21)41-43(12,13)31(6,7)8;1-9-13(5-6-14(22-3)16(9)20)23-17(10(2)26)19(29)25-24-18(28)11-4-7-15(27)12(21)8-11;1-6(2,3)8(4,5)7/h14-18,20,27,35H,1-8,10-13H3,(H,36,38)(H,37,39);4-8,10,17,23,26-27H,1-2H3,(H,24,28)(H,25,29);1-5H3/t20-,27+;10-,17+;/m00./s1. The summed E-state index contributed by atoms with van der Waals surface area (Å²) < 4.78 is 40.9. The molecule has 24 heteroatoms. The SMILES string of the molecule is CC(C)(C)[Si](C)(C)Cl.[C-]#[N+]c1ccc(N[C@@H](C(=O)NNC(=O)c2ccc(O)c(F)c2)[C@H](C)O)c(C)c1Cl.[C-]#[N+]c1ccc(N[C@@H](C(=O)NNC(=O)c2ccc(O[Si](C)(C)C(C)(C)C)c(F)c2)[C@H](C)O[Si](C)(C)C(C)(C)C)c(C)c1Cl. The normalized spacial score (nSPS) is 13.4. The molecule has 0 aliphatic heterocycles. The van der Waals surface area contributed by atoms with Gasteiger partial charge in [0.1, 0.15) is 17.8 Å². The van der Waals surface area contributed by atoms with Crippen LogP contribution in [0.1, 0.15) is 108 Å². The van der Waals surface area contributed by atoms with Crippen molar-refractivity contribution < 1.29 is 47.0 Å². The Balaban J connectivity index is 0.000000506. The van der Waals surface area contributed by atoms with Gasteiger partial charge in [-0.3, -0.25) is 40.9 Å². The largest absolute Gasteiger partial charge is 0.542 e. The van der Waals surface area contributed by atoms with Crippen LogP contribution in [-0.4, -0.2) is 82.2 Å². The Bertz CT molecular complexity index is 2950. The van der Waals surface area contributed by atoms with Gasteiger partial charge in [-0.05, 0) is 129 Å². The van der Waals surface area contributed by atoms with Crippen LogP contribution >= 0.6 is 34.3 Å². The summed E-state index contributed by atoms with van der Waals surface area (Å²) in [7, 11) is -5.97. The molecular formula is C56H79Cl3F2N8O8Si3. The second kappa shape index (κ2) is 28.3. The lowest BCUT2D eigenvalue weighted by Gasteiger charge is -2.40. The molecule has 16 nitrogen and oxygen atoms in total. The zero-order valence-corrected chi connectivity index (χ0v) is 54.5. The summed E-state index contributed by atoms with van der Waals surface area (Å²) in [5, 5.41) is 25.7. The van der Waals surface area contributed by atoms with Crippen molar-refractivity contribution in [3.8, 4) is 11.5 Å². The monoisotopic (exact) mass is 1220 g/mol. The average Bonchev–Trinajstić information content (AvgIpc) is 3.33. The number of aromatic hydroxyl groups is 1. The van der Waals surface area contributed by atoms with E-state index in [9.17, 15) is 33.1 Å². The third-order valence-corrected chi connectivity index (χ3v) is 29.5. The van der Waals surface area contributed by atoms with Crippen LogP contribution in [0.5, 0.6) is 11.5 Å². The number of phenols is 1. The fraction of sp³-hybridized carbons (Fsp3) is 0.464. The first-order chi connectivity index (χ1) is 36.4. The molecule has 4 aromatic rings. The number of carbonyl (C=O) groups is 4. The molecule has 8 N–H and O–H groups in total. The van der Waals surface area contributed by atoms with Gasteiger partial charge in [-0.1, -0.05) is 111 Å². The van der Waals surface area contributed by atoms with E-state index in [1.54, 1.807) is 39.0 Å². The number of hydrogen-bond donors (Lipinski definition) is 8. The predicted octanol–water partition coefficient (Wildman–Crippen LogP) is 14.3. The Hall–Kier alpha value is -5.76. The van der Waals surface area contributed by atoms with Crippen LogP contribution in [0.2, 0.25) is 64.4 Å². The van der Waals surface area contributed by atoms with Gasteiger partial charge in [0.05, 0.1) is 35.4 Å². The number of amides is 4. The highest BCUT2D eigenvalue weighted by Gasteiger charge is 2.42. The second-order valence-electron chi connectivity index (χ2n) is 23.7. The molecular weight excluding hydrogens is 1140 g/mol. The van der Waals surface area contributed by atoms with Crippen LogP contribution < -0.4 is 36.8 Å². The highest BCUT2D eigenvalue weighted by atomic mass is 35.6. The van der Waals surface area contributed by atoms with Gasteiger partial charge in [-0.15, -0.1) is 0 Å². The molecule has 4 amide bonds. The third-order valence-electron chi connectivity index (χ3n) is 14.4. The van der Waals surface area contributed by atoms with Gasteiger partial charge < -0.3 is 29.7 Å². The molecule has 80 heavy (non-hydrogen) atoms. The van der Waals surface area contributed by atoms with Gasteiger partial charge in [0.2, 0.25) is 11.4 Å². The van der Waals surface area contributed by atoms with Crippen molar-refractivity contribution in [2.24, 2.45) is 0 Å². The molecule has 0 saturated carbocycles. The van der Waals surface area contributed by atoms with Gasteiger partial charge in [-0.2, -0.15) is 11.1 Å². The van der Waals surface area contributed by atoms with E-state index < -0.39 is 89.3 Å². The summed E-state index contributed by atoms with van der Waals surface area (Å²) in [4.78, 5) is 57.6. The number of nitrogens with one attached hydrogen (secondary N) is 6. The number of rotatable bonds is 14. The maximum absolute atomic E-state index is 15.0. The van der Waals surface area contributed by atoms with Gasteiger partial charge in [-0.25, -0.2) is 18.5 Å². The first kappa shape index (κ1) is 70.3. The summed E-state index contributed by atoms with van der Waals surface area (Å²) >= 11 is 18.6. The van der Waals surface area contributed by atoms with Crippen LogP contribution in [0.25, 0.3) is 9.69 Å². The number of halogens is 5. The highest BCUT2D eigenvalue weighted by Crippen LogP contribution is 2.41. The summed E-state index contributed by atoms with van der Waals surface area (Å²) in [6.07, 6.45) is -1.77. The number of aliphatic hydroxyl groups is 1. The van der Waals surface area contributed by atoms with Crippen LogP contribution in [0.4, 0.5) is 31.5 Å². The molecule has 0 unspecified atom stereocenters. The predicted molar refractivity (Wildman–Crippen MR) is 326 cm³/mol. The third kappa shape index (κ3) is 19.5. The lowest BCUT2D eigenvalue weighted by Crippen LogP contribution is -2.55. The van der Waals surface area contributed by atoms with E-state index in [0.717, 1.165) is 18.2 Å². The lowest BCUT2D eigenvalue weighted by atomic mass is 10.1. The van der Waals surface area contributed by atoms with Crippen LogP contribution in [0.3, 0.4) is 0 Å². The summed E-state index contributed by atoms with van der Waals surface area (Å²) in [6, 6.07) is 11.1. The van der Waals surface area contributed by atoms with Crippen molar-refractivity contribution in [3.05, 3.63) is 127 Å². The number of phenolic OH excluding ortho intramolecular Hbond substituents is 1. The smallest absolute Gasteiger partial charge is 0.269 e. The Morgan fingerprint density at radius 3 is 1.36 bits per heavy atom. The topological polar surface area (TPSA) is 208 Å². The van der Waals surface area contributed by atoms with Gasteiger partial charge in [0.15, 0.2) is 33.1 Å². The minimum atomic E-state index is -2.30. The number of hydrazine groups is 2. The Labute approximate surface area is 489 Å². The molecule has 0 saturated heterocycles. The average molecular weight is 1220 g/mol. The van der Waals surface area contributed by atoms with E-state index >= 15 is 0 Å². The van der Waals surface area contributed by atoms with E-state index in [1.807, 2.05) is 13.1 Å². The summed E-state index contributed by atoms with van der Waals surface area (Å²) in [5.74, 6) is -5.00. The number of carbonyl (C=O) groups excluding carboxylic acids is 4. The fourth-order valence-electron chi connectivity index (χ4n) is 6.01. The highest BCUT2D eigenvalue weighted by molar-refractivity contribution is 7.20. The van der Waals surface area contributed by atoms with E-state index in [0.29, 0.717) is 33.2 Å². The van der Waals surface area contributed by atoms with Crippen molar-refractivity contribution in [1.29, 1.82) is 0 Å².